The second-order valence-electron chi connectivity index (χ2n) is 6.59. The molecule has 1 N–H and O–H groups in total. The minimum Gasteiger partial charge on any atom is -0.335 e. The summed E-state index contributed by atoms with van der Waals surface area (Å²) in [6.45, 7) is 4.43. The maximum Gasteiger partial charge on any atom is 0.274 e. The molecule has 2 aromatic rings. The van der Waals surface area contributed by atoms with Crippen LogP contribution in [0.5, 0.6) is 0 Å². The summed E-state index contributed by atoms with van der Waals surface area (Å²) >= 11 is 0. The number of amides is 2. The molecule has 1 fully saturated rings. The number of nitrogens with one attached hydrogen (secondary N) is 1. The second-order valence-corrected chi connectivity index (χ2v) is 6.59. The van der Waals surface area contributed by atoms with E-state index in [1.54, 1.807) is 47.4 Å². The number of hydrogen-bond acceptors (Lipinski definition) is 5. The van der Waals surface area contributed by atoms with E-state index in [0.717, 1.165) is 13.1 Å². The number of benzene rings is 1. The zero-order valence-electron chi connectivity index (χ0n) is 15.4. The first-order valence-electron chi connectivity index (χ1n) is 8.81. The van der Waals surface area contributed by atoms with Gasteiger partial charge in [0.25, 0.3) is 11.8 Å². The third-order valence-electron chi connectivity index (χ3n) is 4.54. The zero-order chi connectivity index (χ0) is 19.4. The Kier molecular flexibility index (Phi) is 5.61. The molecule has 0 radical (unpaired) electrons. The monoisotopic (exact) mass is 366 g/mol. The Balaban J connectivity index is 1.69. The van der Waals surface area contributed by atoms with E-state index in [1.165, 1.54) is 6.92 Å². The highest BCUT2D eigenvalue weighted by Crippen LogP contribution is 2.12. The van der Waals surface area contributed by atoms with Crippen LogP contribution in [0.3, 0.4) is 0 Å². The van der Waals surface area contributed by atoms with Crippen molar-refractivity contribution in [1.29, 1.82) is 0 Å². The highest BCUT2D eigenvalue weighted by molar-refractivity contribution is 6.04. The summed E-state index contributed by atoms with van der Waals surface area (Å²) in [7, 11) is 2.02. The Hall–Kier alpha value is -3.06. The summed E-state index contributed by atoms with van der Waals surface area (Å²) in [5, 5.41) is 2.73. The fourth-order valence-corrected chi connectivity index (χ4v) is 2.84. The number of rotatable bonds is 4. The molecule has 0 aliphatic carbocycles. The summed E-state index contributed by atoms with van der Waals surface area (Å²) in [5.41, 5.74) is 1.57. The van der Waals surface area contributed by atoms with Gasteiger partial charge in [-0.2, -0.15) is 0 Å². The first kappa shape index (κ1) is 18.7. The van der Waals surface area contributed by atoms with E-state index in [-0.39, 0.29) is 23.1 Å². The number of Topliss-reactive ketones (excluding diaryl/α,β-unsaturated/α-hetero) is 1. The quantitative estimate of drug-likeness (QED) is 0.836. The Bertz CT molecular complexity index is 856. The molecule has 7 heteroatoms. The molecule has 7 nitrogen and oxygen atoms in total. The molecule has 27 heavy (non-hydrogen) atoms. The molecule has 0 spiro atoms. The molecule has 140 valence electrons. The molecule has 2 amide bonds. The van der Waals surface area contributed by atoms with Crippen molar-refractivity contribution in [2.75, 3.05) is 38.5 Å². The fraction of sp³-hybridized carbons (Fsp3) is 0.300. The van der Waals surface area contributed by atoms with Crippen molar-refractivity contribution in [2.24, 2.45) is 0 Å². The van der Waals surface area contributed by atoms with Crippen molar-refractivity contribution in [2.45, 2.75) is 6.92 Å². The minimum absolute atomic E-state index is 0.0373. The minimum atomic E-state index is -0.404. The zero-order valence-corrected chi connectivity index (χ0v) is 15.4. The highest BCUT2D eigenvalue weighted by atomic mass is 16.2. The lowest BCUT2D eigenvalue weighted by atomic mass is 10.1. The van der Waals surface area contributed by atoms with E-state index in [4.69, 9.17) is 0 Å². The van der Waals surface area contributed by atoms with E-state index in [2.05, 4.69) is 15.2 Å². The van der Waals surface area contributed by atoms with Gasteiger partial charge in [-0.05, 0) is 50.4 Å². The van der Waals surface area contributed by atoms with Gasteiger partial charge in [-0.1, -0.05) is 6.07 Å². The van der Waals surface area contributed by atoms with Gasteiger partial charge in [0.05, 0.1) is 0 Å². The molecule has 2 heterocycles. The van der Waals surface area contributed by atoms with Crippen LogP contribution in [0.15, 0.2) is 42.5 Å². The number of hydrogen-bond donors (Lipinski definition) is 1. The van der Waals surface area contributed by atoms with Crippen LogP contribution in [0.2, 0.25) is 0 Å². The van der Waals surface area contributed by atoms with Crippen molar-refractivity contribution in [3.8, 4) is 0 Å². The largest absolute Gasteiger partial charge is 0.335 e. The van der Waals surface area contributed by atoms with E-state index >= 15 is 0 Å². The van der Waals surface area contributed by atoms with Gasteiger partial charge < -0.3 is 15.1 Å². The van der Waals surface area contributed by atoms with Crippen LogP contribution in [-0.2, 0) is 0 Å². The summed E-state index contributed by atoms with van der Waals surface area (Å²) in [5.74, 6) is -0.605. The number of ketones is 1. The number of pyridine rings is 1. The van der Waals surface area contributed by atoms with Gasteiger partial charge in [0.1, 0.15) is 11.4 Å². The van der Waals surface area contributed by atoms with E-state index in [1.807, 2.05) is 7.05 Å². The average Bonchev–Trinajstić information content (AvgIpc) is 2.68. The molecule has 1 saturated heterocycles. The van der Waals surface area contributed by atoms with Crippen LogP contribution < -0.4 is 5.32 Å². The van der Waals surface area contributed by atoms with E-state index < -0.39 is 5.91 Å². The van der Waals surface area contributed by atoms with Gasteiger partial charge in [-0.25, -0.2) is 4.98 Å². The molecule has 1 aliphatic heterocycles. The molecule has 3 rings (SSSR count). The third kappa shape index (κ3) is 4.57. The van der Waals surface area contributed by atoms with Crippen LogP contribution in [0.1, 0.15) is 38.3 Å². The van der Waals surface area contributed by atoms with Gasteiger partial charge in [0, 0.05) is 37.4 Å². The lowest BCUT2D eigenvalue weighted by molar-refractivity contribution is 0.0658. The predicted octanol–water partition coefficient (Wildman–Crippen LogP) is 1.92. The molecular formula is C20H22N4O3. The van der Waals surface area contributed by atoms with Crippen molar-refractivity contribution < 1.29 is 14.4 Å². The van der Waals surface area contributed by atoms with Gasteiger partial charge in [-0.15, -0.1) is 0 Å². The summed E-state index contributed by atoms with van der Waals surface area (Å²) in [6, 6.07) is 11.5. The van der Waals surface area contributed by atoms with Gasteiger partial charge in [-0.3, -0.25) is 14.4 Å². The van der Waals surface area contributed by atoms with Crippen LogP contribution >= 0.6 is 0 Å². The molecule has 1 aromatic carbocycles. The second kappa shape index (κ2) is 8.09. The maximum atomic E-state index is 12.6. The van der Waals surface area contributed by atoms with E-state index in [9.17, 15) is 14.4 Å². The smallest absolute Gasteiger partial charge is 0.274 e. The van der Waals surface area contributed by atoms with E-state index in [0.29, 0.717) is 24.3 Å². The van der Waals surface area contributed by atoms with Crippen LogP contribution in [-0.4, -0.2) is 65.6 Å². The lowest BCUT2D eigenvalue weighted by Crippen LogP contribution is -2.47. The molecule has 0 saturated carbocycles. The Labute approximate surface area is 158 Å². The number of likely N-dealkylation sites (N-methyl/N-ethyl adjacent to an activating group) is 1. The molecule has 1 aliphatic rings. The Morgan fingerprint density at radius 3 is 2.19 bits per heavy atom. The van der Waals surface area contributed by atoms with Crippen molar-refractivity contribution >= 4 is 23.3 Å². The lowest BCUT2D eigenvalue weighted by Gasteiger charge is -2.32. The number of carbonyl (C=O) groups is 3. The number of nitrogens with zero attached hydrogens (tertiary/aromatic N) is 3. The van der Waals surface area contributed by atoms with Crippen molar-refractivity contribution in [1.82, 2.24) is 14.8 Å². The Morgan fingerprint density at radius 2 is 1.56 bits per heavy atom. The van der Waals surface area contributed by atoms with Gasteiger partial charge in [0.15, 0.2) is 5.78 Å². The molecule has 0 atom stereocenters. The molecule has 0 bridgehead atoms. The average molecular weight is 366 g/mol. The van der Waals surface area contributed by atoms with Crippen LogP contribution in [0.4, 0.5) is 5.69 Å². The first-order chi connectivity index (χ1) is 12.9. The molecular weight excluding hydrogens is 344 g/mol. The maximum absolute atomic E-state index is 12.6. The first-order valence-corrected chi connectivity index (χ1v) is 8.81. The summed E-state index contributed by atoms with van der Waals surface area (Å²) < 4.78 is 0. The summed E-state index contributed by atoms with van der Waals surface area (Å²) in [6.07, 6.45) is 0. The topological polar surface area (TPSA) is 82.6 Å². The van der Waals surface area contributed by atoms with Crippen molar-refractivity contribution in [3.05, 3.63) is 59.4 Å². The Morgan fingerprint density at radius 1 is 0.926 bits per heavy atom. The van der Waals surface area contributed by atoms with Crippen LogP contribution in [0.25, 0.3) is 0 Å². The normalized spacial score (nSPS) is 14.7. The van der Waals surface area contributed by atoms with Gasteiger partial charge >= 0.3 is 0 Å². The van der Waals surface area contributed by atoms with Crippen LogP contribution in [0, 0.1) is 0 Å². The number of aromatic nitrogens is 1. The predicted molar refractivity (Wildman–Crippen MR) is 102 cm³/mol. The third-order valence-corrected chi connectivity index (χ3v) is 4.54. The number of piperazine rings is 1. The number of carbonyl (C=O) groups excluding carboxylic acids is 3. The fourth-order valence-electron chi connectivity index (χ4n) is 2.84. The molecule has 1 aromatic heterocycles. The SMILES string of the molecule is CC(=O)c1ccc(NC(=O)c2cccc(C(=O)N3CCN(C)CC3)n2)cc1. The van der Waals surface area contributed by atoms with Gasteiger partial charge in [0.2, 0.25) is 0 Å². The number of anilines is 1. The summed E-state index contributed by atoms with van der Waals surface area (Å²) in [4.78, 5) is 44.5. The molecule has 0 unspecified atom stereocenters. The van der Waals surface area contributed by atoms with Crippen molar-refractivity contribution in [3.63, 3.8) is 0 Å². The highest BCUT2D eigenvalue weighted by Gasteiger charge is 2.22. The standard InChI is InChI=1S/C20H22N4O3/c1-14(25)15-6-8-16(9-7-15)21-19(26)17-4-3-5-18(22-17)20(27)24-12-10-23(2)11-13-24/h3-9H,10-13H2,1-2H3,(H,21,26).